The number of amides is 1. The molecule has 3 rings (SSSR count). The molecule has 2 aliphatic rings. The van der Waals surface area contributed by atoms with Crippen LogP contribution >= 0.6 is 12.4 Å². The van der Waals surface area contributed by atoms with Gasteiger partial charge >= 0.3 is 0 Å². The molecule has 2 aliphatic heterocycles. The Morgan fingerprint density at radius 3 is 3.00 bits per heavy atom. The van der Waals surface area contributed by atoms with Crippen molar-refractivity contribution in [1.82, 2.24) is 5.32 Å². The van der Waals surface area contributed by atoms with Crippen LogP contribution in [-0.4, -0.2) is 32.2 Å². The van der Waals surface area contributed by atoms with Crippen molar-refractivity contribution in [2.24, 2.45) is 5.92 Å². The summed E-state index contributed by atoms with van der Waals surface area (Å²) in [4.78, 5) is 14.5. The summed E-state index contributed by atoms with van der Waals surface area (Å²) in [6.45, 7) is 3.70. The van der Waals surface area contributed by atoms with Gasteiger partial charge in [-0.2, -0.15) is 0 Å². The van der Waals surface area contributed by atoms with Crippen molar-refractivity contribution in [1.29, 1.82) is 0 Å². The molecule has 0 saturated carbocycles. The highest BCUT2D eigenvalue weighted by Gasteiger charge is 2.30. The average molecular weight is 283 g/mol. The van der Waals surface area contributed by atoms with E-state index in [1.54, 1.807) is 0 Å². The van der Waals surface area contributed by atoms with E-state index < -0.39 is 0 Å². The van der Waals surface area contributed by atoms with E-state index in [4.69, 9.17) is 4.74 Å². The van der Waals surface area contributed by atoms with Crippen LogP contribution in [0.2, 0.25) is 0 Å². The molecule has 1 N–H and O–H groups in total. The number of carbonyl (C=O) groups excluding carboxylic acids is 1. The predicted octanol–water partition coefficient (Wildman–Crippen LogP) is 1.58. The summed E-state index contributed by atoms with van der Waals surface area (Å²) < 4.78 is 5.33. The molecule has 0 aromatic heterocycles. The second-order valence-electron chi connectivity index (χ2n) is 4.86. The fourth-order valence-corrected chi connectivity index (χ4v) is 2.64. The molecule has 1 fully saturated rings. The largest absolute Gasteiger partial charge is 0.381 e. The first kappa shape index (κ1) is 14.3. The Kier molecular flexibility index (Phi) is 4.80. The van der Waals surface area contributed by atoms with Gasteiger partial charge in [0.15, 0.2) is 0 Å². The Balaban J connectivity index is 0.00000133. The Labute approximate surface area is 119 Å². The van der Waals surface area contributed by atoms with Crippen LogP contribution in [-0.2, 0) is 16.1 Å². The smallest absolute Gasteiger partial charge is 0.232 e. The summed E-state index contributed by atoms with van der Waals surface area (Å²) in [7, 11) is 0. The Morgan fingerprint density at radius 1 is 1.37 bits per heavy atom. The van der Waals surface area contributed by atoms with Crippen molar-refractivity contribution in [2.45, 2.75) is 13.0 Å². The minimum Gasteiger partial charge on any atom is -0.381 e. The van der Waals surface area contributed by atoms with Crippen molar-refractivity contribution < 1.29 is 9.53 Å². The maximum absolute atomic E-state index is 12.5. The molecule has 0 spiro atoms. The molecular formula is C14H19ClN2O2. The Bertz CT molecular complexity index is 447. The molecule has 5 heteroatoms. The number of fused-ring (bicyclic) bond motifs is 1. The Morgan fingerprint density at radius 2 is 2.21 bits per heavy atom. The summed E-state index contributed by atoms with van der Waals surface area (Å²) in [6.07, 6.45) is 0.852. The van der Waals surface area contributed by atoms with Gasteiger partial charge in [-0.25, -0.2) is 0 Å². The molecule has 1 unspecified atom stereocenters. The maximum Gasteiger partial charge on any atom is 0.232 e. The van der Waals surface area contributed by atoms with E-state index >= 15 is 0 Å². The van der Waals surface area contributed by atoms with E-state index in [1.807, 2.05) is 23.1 Å². The van der Waals surface area contributed by atoms with Gasteiger partial charge in [-0.1, -0.05) is 18.2 Å². The van der Waals surface area contributed by atoms with Crippen LogP contribution in [0.1, 0.15) is 12.0 Å². The number of halogens is 1. The zero-order valence-corrected chi connectivity index (χ0v) is 11.6. The average Bonchev–Trinajstić information content (AvgIpc) is 2.85. The van der Waals surface area contributed by atoms with E-state index in [2.05, 4.69) is 11.4 Å². The third-order valence-electron chi connectivity index (χ3n) is 3.66. The number of anilines is 1. The number of hydrogen-bond acceptors (Lipinski definition) is 3. The van der Waals surface area contributed by atoms with Crippen LogP contribution in [0, 0.1) is 5.92 Å². The lowest BCUT2D eigenvalue weighted by molar-refractivity contribution is -0.122. The number of ether oxygens (including phenoxy) is 1. The van der Waals surface area contributed by atoms with Crippen LogP contribution in [0.5, 0.6) is 0 Å². The van der Waals surface area contributed by atoms with Crippen LogP contribution in [0.4, 0.5) is 5.69 Å². The quantitative estimate of drug-likeness (QED) is 0.850. The van der Waals surface area contributed by atoms with Gasteiger partial charge in [0.1, 0.15) is 0 Å². The van der Waals surface area contributed by atoms with Crippen LogP contribution in [0.25, 0.3) is 0 Å². The molecule has 104 valence electrons. The second kappa shape index (κ2) is 6.37. The fourth-order valence-electron chi connectivity index (χ4n) is 2.64. The molecule has 0 aliphatic carbocycles. The SMILES string of the molecule is Cl.O=C(C1CCOC1)N1CCNCc2ccccc21. The molecule has 0 radical (unpaired) electrons. The molecule has 1 atom stereocenters. The Hall–Kier alpha value is -1.10. The van der Waals surface area contributed by atoms with E-state index in [0.29, 0.717) is 13.2 Å². The summed E-state index contributed by atoms with van der Waals surface area (Å²) in [6, 6.07) is 8.14. The van der Waals surface area contributed by atoms with E-state index in [-0.39, 0.29) is 24.2 Å². The minimum atomic E-state index is 0. The highest BCUT2D eigenvalue weighted by Crippen LogP contribution is 2.25. The second-order valence-corrected chi connectivity index (χ2v) is 4.86. The molecule has 1 saturated heterocycles. The maximum atomic E-state index is 12.5. The number of para-hydroxylation sites is 1. The number of benzene rings is 1. The van der Waals surface area contributed by atoms with Crippen LogP contribution in [0.3, 0.4) is 0 Å². The zero-order chi connectivity index (χ0) is 12.4. The molecule has 1 aromatic rings. The third-order valence-corrected chi connectivity index (χ3v) is 3.66. The number of nitrogens with one attached hydrogen (secondary N) is 1. The van der Waals surface area contributed by atoms with Crippen molar-refractivity contribution in [3.05, 3.63) is 29.8 Å². The summed E-state index contributed by atoms with van der Waals surface area (Å²) in [5.74, 6) is 0.250. The normalized spacial score (nSPS) is 22.3. The third kappa shape index (κ3) is 2.91. The van der Waals surface area contributed by atoms with Gasteiger partial charge in [0.2, 0.25) is 5.91 Å². The molecule has 1 aromatic carbocycles. The van der Waals surface area contributed by atoms with Crippen molar-refractivity contribution >= 4 is 24.0 Å². The van der Waals surface area contributed by atoms with Crippen molar-refractivity contribution in [3.63, 3.8) is 0 Å². The molecule has 0 bridgehead atoms. The van der Waals surface area contributed by atoms with Gasteiger partial charge in [-0.15, -0.1) is 12.4 Å². The monoisotopic (exact) mass is 282 g/mol. The highest BCUT2D eigenvalue weighted by molar-refractivity contribution is 5.96. The fraction of sp³-hybridized carbons (Fsp3) is 0.500. The summed E-state index contributed by atoms with van der Waals surface area (Å²) >= 11 is 0. The lowest BCUT2D eigenvalue weighted by Gasteiger charge is -2.25. The minimum absolute atomic E-state index is 0. The molecule has 1 amide bonds. The first-order valence-electron chi connectivity index (χ1n) is 6.54. The number of carbonyl (C=O) groups is 1. The lowest BCUT2D eigenvalue weighted by Crippen LogP contribution is -2.39. The molecule has 4 nitrogen and oxygen atoms in total. The van der Waals surface area contributed by atoms with Crippen molar-refractivity contribution in [2.75, 3.05) is 31.2 Å². The highest BCUT2D eigenvalue weighted by atomic mass is 35.5. The lowest BCUT2D eigenvalue weighted by atomic mass is 10.1. The first-order chi connectivity index (χ1) is 8.86. The van der Waals surface area contributed by atoms with Gasteiger partial charge in [0.05, 0.1) is 12.5 Å². The number of nitrogens with zero attached hydrogens (tertiary/aromatic N) is 1. The summed E-state index contributed by atoms with van der Waals surface area (Å²) in [5, 5.41) is 3.35. The standard InChI is InChI=1S/C14H18N2O2.ClH/c17-14(12-5-8-18-10-12)16-7-6-15-9-11-3-1-2-4-13(11)16;/h1-4,12,15H,5-10H2;1H. The zero-order valence-electron chi connectivity index (χ0n) is 10.8. The van der Waals surface area contributed by atoms with Crippen LogP contribution in [0.15, 0.2) is 24.3 Å². The van der Waals surface area contributed by atoms with Gasteiger partial charge in [0, 0.05) is 31.9 Å². The van der Waals surface area contributed by atoms with Gasteiger partial charge < -0.3 is 15.0 Å². The first-order valence-corrected chi connectivity index (χ1v) is 6.54. The molecule has 19 heavy (non-hydrogen) atoms. The molecule has 2 heterocycles. The predicted molar refractivity (Wildman–Crippen MR) is 76.7 cm³/mol. The van der Waals surface area contributed by atoms with E-state index in [0.717, 1.165) is 31.7 Å². The number of rotatable bonds is 1. The number of hydrogen-bond donors (Lipinski definition) is 1. The topological polar surface area (TPSA) is 41.6 Å². The van der Waals surface area contributed by atoms with Crippen molar-refractivity contribution in [3.8, 4) is 0 Å². The summed E-state index contributed by atoms with van der Waals surface area (Å²) in [5.41, 5.74) is 2.25. The van der Waals surface area contributed by atoms with Crippen LogP contribution < -0.4 is 10.2 Å². The van der Waals surface area contributed by atoms with Gasteiger partial charge in [-0.3, -0.25) is 4.79 Å². The molecular weight excluding hydrogens is 264 g/mol. The van der Waals surface area contributed by atoms with Gasteiger partial charge in [0.25, 0.3) is 0 Å². The van der Waals surface area contributed by atoms with E-state index in [9.17, 15) is 4.79 Å². The van der Waals surface area contributed by atoms with Gasteiger partial charge in [-0.05, 0) is 18.1 Å². The van der Waals surface area contributed by atoms with E-state index in [1.165, 1.54) is 5.56 Å².